The lowest BCUT2D eigenvalue weighted by Crippen LogP contribution is -2.34. The van der Waals surface area contributed by atoms with Crippen LogP contribution in [-0.2, 0) is 17.9 Å². The average Bonchev–Trinajstić information content (AvgIpc) is 3.14. The van der Waals surface area contributed by atoms with Crippen LogP contribution in [0.25, 0.3) is 0 Å². The first kappa shape index (κ1) is 24.2. The Balaban J connectivity index is 0.00000182. The maximum atomic E-state index is 12.2. The molecule has 0 spiro atoms. The van der Waals surface area contributed by atoms with E-state index in [9.17, 15) is 4.79 Å². The Morgan fingerprint density at radius 2 is 1.78 bits per heavy atom. The van der Waals surface area contributed by atoms with E-state index in [1.165, 1.54) is 49.7 Å². The molecule has 1 heterocycles. The second-order valence-electron chi connectivity index (χ2n) is 7.75. The van der Waals surface area contributed by atoms with Gasteiger partial charge in [-0.15, -0.1) is 24.8 Å². The van der Waals surface area contributed by atoms with Gasteiger partial charge < -0.3 is 10.6 Å². The molecule has 1 aliphatic heterocycles. The van der Waals surface area contributed by atoms with E-state index in [1.807, 2.05) is 0 Å². The summed E-state index contributed by atoms with van der Waals surface area (Å²) in [7, 11) is 2.25. The molecule has 1 atom stereocenters. The first-order chi connectivity index (χ1) is 12.2. The number of rotatable bonds is 7. The van der Waals surface area contributed by atoms with Crippen molar-refractivity contribution in [2.45, 2.75) is 76.5 Å². The van der Waals surface area contributed by atoms with Crippen LogP contribution in [0, 0.1) is 0 Å². The third-order valence-corrected chi connectivity index (χ3v) is 5.81. The molecule has 1 amide bonds. The third-order valence-electron chi connectivity index (χ3n) is 5.81. The number of carbonyl (C=O) groups is 1. The number of amides is 1. The average molecular weight is 416 g/mol. The number of hydrogen-bond donors (Lipinski definition) is 2. The van der Waals surface area contributed by atoms with Crippen molar-refractivity contribution in [1.29, 1.82) is 0 Å². The number of nitrogens with one attached hydrogen (secondary N) is 2. The molecular weight excluding hydrogens is 381 g/mol. The largest absolute Gasteiger partial charge is 0.352 e. The van der Waals surface area contributed by atoms with Crippen LogP contribution in [-0.4, -0.2) is 36.5 Å². The van der Waals surface area contributed by atoms with Gasteiger partial charge >= 0.3 is 0 Å². The summed E-state index contributed by atoms with van der Waals surface area (Å²) in [5.74, 6) is 0.162. The van der Waals surface area contributed by atoms with Gasteiger partial charge in [0.05, 0.1) is 0 Å². The summed E-state index contributed by atoms with van der Waals surface area (Å²) in [6.45, 7) is 2.66. The van der Waals surface area contributed by atoms with E-state index in [-0.39, 0.29) is 30.7 Å². The van der Waals surface area contributed by atoms with Gasteiger partial charge in [-0.05, 0) is 50.4 Å². The highest BCUT2D eigenvalue weighted by atomic mass is 35.5. The second kappa shape index (κ2) is 12.6. The van der Waals surface area contributed by atoms with Crippen molar-refractivity contribution >= 4 is 30.7 Å². The zero-order valence-corrected chi connectivity index (χ0v) is 18.0. The minimum atomic E-state index is 0. The Morgan fingerprint density at radius 3 is 2.44 bits per heavy atom. The van der Waals surface area contributed by atoms with Crippen molar-refractivity contribution in [1.82, 2.24) is 15.5 Å². The Hall–Kier alpha value is -0.810. The molecule has 2 aliphatic rings. The van der Waals surface area contributed by atoms with Crippen molar-refractivity contribution in [3.05, 3.63) is 35.4 Å². The number of hydrogen-bond acceptors (Lipinski definition) is 3. The fraction of sp³-hybridized carbons (Fsp3) is 0.667. The quantitative estimate of drug-likeness (QED) is 0.705. The molecule has 3 rings (SSSR count). The van der Waals surface area contributed by atoms with E-state index in [4.69, 9.17) is 0 Å². The number of benzene rings is 1. The van der Waals surface area contributed by atoms with Crippen LogP contribution < -0.4 is 10.6 Å². The van der Waals surface area contributed by atoms with Gasteiger partial charge in [0.15, 0.2) is 0 Å². The van der Waals surface area contributed by atoms with E-state index in [0.29, 0.717) is 25.0 Å². The molecule has 27 heavy (non-hydrogen) atoms. The standard InChI is InChI=1S/C21H33N3O.2ClH/c1-24(20-11-3-2-4-12-20)16-18-9-6-5-8-17(18)15-23-21(25)14-19-10-7-13-22-19;;/h5-6,8-9,19-20,22H,2-4,7,10-16H2,1H3,(H,23,25);2*1H. The number of carbonyl (C=O) groups excluding carboxylic acids is 1. The van der Waals surface area contributed by atoms with Crippen LogP contribution in [0.5, 0.6) is 0 Å². The maximum Gasteiger partial charge on any atom is 0.221 e. The van der Waals surface area contributed by atoms with Gasteiger partial charge in [0, 0.05) is 31.6 Å². The predicted octanol–water partition coefficient (Wildman–Crippen LogP) is 4.05. The molecule has 0 bridgehead atoms. The van der Waals surface area contributed by atoms with Gasteiger partial charge in [-0.2, -0.15) is 0 Å². The van der Waals surface area contributed by atoms with Gasteiger partial charge in [0.1, 0.15) is 0 Å². The van der Waals surface area contributed by atoms with E-state index in [1.54, 1.807) is 0 Å². The highest BCUT2D eigenvalue weighted by Gasteiger charge is 2.20. The van der Waals surface area contributed by atoms with Crippen molar-refractivity contribution < 1.29 is 4.79 Å². The fourth-order valence-electron chi connectivity index (χ4n) is 4.22. The van der Waals surface area contributed by atoms with Gasteiger partial charge in [-0.3, -0.25) is 9.69 Å². The van der Waals surface area contributed by atoms with Crippen molar-refractivity contribution in [2.24, 2.45) is 0 Å². The normalized spacial score (nSPS) is 20.0. The molecular formula is C21H35Cl2N3O. The Morgan fingerprint density at radius 1 is 1.07 bits per heavy atom. The van der Waals surface area contributed by atoms with Crippen LogP contribution in [0.1, 0.15) is 62.5 Å². The third kappa shape index (κ3) is 7.61. The van der Waals surface area contributed by atoms with Gasteiger partial charge in [-0.1, -0.05) is 43.5 Å². The maximum absolute atomic E-state index is 12.2. The van der Waals surface area contributed by atoms with Gasteiger partial charge in [0.2, 0.25) is 5.91 Å². The molecule has 1 aromatic carbocycles. The fourth-order valence-corrected chi connectivity index (χ4v) is 4.22. The summed E-state index contributed by atoms with van der Waals surface area (Å²) in [5, 5.41) is 6.51. The molecule has 154 valence electrons. The van der Waals surface area contributed by atoms with Crippen LogP contribution in [0.3, 0.4) is 0 Å². The summed E-state index contributed by atoms with van der Waals surface area (Å²) in [6, 6.07) is 9.62. The number of nitrogens with zero attached hydrogens (tertiary/aromatic N) is 1. The smallest absolute Gasteiger partial charge is 0.221 e. The second-order valence-corrected chi connectivity index (χ2v) is 7.75. The minimum absolute atomic E-state index is 0. The predicted molar refractivity (Wildman–Crippen MR) is 117 cm³/mol. The Labute approximate surface area is 176 Å². The summed E-state index contributed by atoms with van der Waals surface area (Å²) in [6.07, 6.45) is 9.68. The molecule has 4 nitrogen and oxygen atoms in total. The molecule has 1 saturated carbocycles. The lowest BCUT2D eigenvalue weighted by Gasteiger charge is -2.31. The zero-order chi connectivity index (χ0) is 17.5. The summed E-state index contributed by atoms with van der Waals surface area (Å²) in [5.41, 5.74) is 2.59. The topological polar surface area (TPSA) is 44.4 Å². The lowest BCUT2D eigenvalue weighted by molar-refractivity contribution is -0.121. The summed E-state index contributed by atoms with van der Waals surface area (Å²) < 4.78 is 0. The Bertz CT molecular complexity index is 558. The summed E-state index contributed by atoms with van der Waals surface area (Å²) in [4.78, 5) is 14.7. The molecule has 2 fully saturated rings. The number of halogens is 2. The van der Waals surface area contributed by atoms with Crippen molar-refractivity contribution in [3.63, 3.8) is 0 Å². The van der Waals surface area contributed by atoms with Crippen LogP contribution in [0.4, 0.5) is 0 Å². The van der Waals surface area contributed by atoms with Gasteiger partial charge in [-0.25, -0.2) is 0 Å². The van der Waals surface area contributed by atoms with Crippen LogP contribution in [0.2, 0.25) is 0 Å². The molecule has 6 heteroatoms. The Kier molecular flexibility index (Phi) is 11.3. The SMILES string of the molecule is CN(Cc1ccccc1CNC(=O)CC1CCCN1)C1CCCCC1.Cl.Cl. The van der Waals surface area contributed by atoms with E-state index < -0.39 is 0 Å². The van der Waals surface area contributed by atoms with Gasteiger partial charge in [0.25, 0.3) is 0 Å². The highest BCUT2D eigenvalue weighted by Crippen LogP contribution is 2.23. The molecule has 1 aliphatic carbocycles. The minimum Gasteiger partial charge on any atom is -0.352 e. The van der Waals surface area contributed by atoms with E-state index in [2.05, 4.69) is 46.8 Å². The summed E-state index contributed by atoms with van der Waals surface area (Å²) >= 11 is 0. The molecule has 0 aromatic heterocycles. The monoisotopic (exact) mass is 415 g/mol. The van der Waals surface area contributed by atoms with Crippen LogP contribution in [0.15, 0.2) is 24.3 Å². The molecule has 2 N–H and O–H groups in total. The van der Waals surface area contributed by atoms with Crippen molar-refractivity contribution in [3.8, 4) is 0 Å². The van der Waals surface area contributed by atoms with E-state index >= 15 is 0 Å². The molecule has 0 radical (unpaired) electrons. The lowest BCUT2D eigenvalue weighted by atomic mass is 9.94. The molecule has 1 aromatic rings. The molecule has 1 unspecified atom stereocenters. The highest BCUT2D eigenvalue weighted by molar-refractivity contribution is 5.85. The van der Waals surface area contributed by atoms with Crippen LogP contribution >= 0.6 is 24.8 Å². The first-order valence-corrected chi connectivity index (χ1v) is 9.99. The van der Waals surface area contributed by atoms with Crippen molar-refractivity contribution in [2.75, 3.05) is 13.6 Å². The van der Waals surface area contributed by atoms with E-state index in [0.717, 1.165) is 19.5 Å². The molecule has 1 saturated heterocycles. The zero-order valence-electron chi connectivity index (χ0n) is 16.4. The first-order valence-electron chi connectivity index (χ1n) is 9.99.